The van der Waals surface area contributed by atoms with E-state index >= 15 is 0 Å². The maximum absolute atomic E-state index is 13.0. The SMILES string of the molecule is CCCCCCCCCCCCO[C@@H]1[C@H]2OC(C)(C)O[C@H]2O[C@@H]1C(CN1CCCC1)OC(=O)NS(=O)(=O)c1ccccc1.Cl. The third kappa shape index (κ3) is 11.1. The molecule has 3 saturated heterocycles. The summed E-state index contributed by atoms with van der Waals surface area (Å²) in [6.45, 7) is 8.57. The third-order valence-corrected chi connectivity index (χ3v) is 9.70. The van der Waals surface area contributed by atoms with Crippen molar-refractivity contribution in [2.75, 3.05) is 26.2 Å². The molecule has 44 heavy (non-hydrogen) atoms. The summed E-state index contributed by atoms with van der Waals surface area (Å²) in [6, 6.07) is 7.75. The Kier molecular flexibility index (Phi) is 15.1. The van der Waals surface area contributed by atoms with Crippen molar-refractivity contribution >= 4 is 28.5 Å². The lowest BCUT2D eigenvalue weighted by atomic mass is 10.0. The highest BCUT2D eigenvalue weighted by molar-refractivity contribution is 7.90. The average molecular weight is 661 g/mol. The van der Waals surface area contributed by atoms with Gasteiger partial charge in [-0.2, -0.15) is 0 Å². The van der Waals surface area contributed by atoms with E-state index in [9.17, 15) is 13.2 Å². The number of carbonyl (C=O) groups is 1. The Morgan fingerprint density at radius 1 is 0.977 bits per heavy atom. The van der Waals surface area contributed by atoms with Crippen LogP contribution < -0.4 is 4.72 Å². The number of benzene rings is 1. The van der Waals surface area contributed by atoms with E-state index in [2.05, 4.69) is 16.5 Å². The zero-order chi connectivity index (χ0) is 30.7. The van der Waals surface area contributed by atoms with Crippen LogP contribution in [-0.2, 0) is 33.7 Å². The minimum Gasteiger partial charge on any atom is -0.441 e. The molecule has 0 aliphatic carbocycles. The minimum absolute atomic E-state index is 0. The first kappa shape index (κ1) is 37.0. The number of nitrogens with one attached hydrogen (secondary N) is 1. The number of carbonyl (C=O) groups excluding carboxylic acids is 1. The van der Waals surface area contributed by atoms with E-state index in [4.69, 9.17) is 23.7 Å². The monoisotopic (exact) mass is 660 g/mol. The summed E-state index contributed by atoms with van der Waals surface area (Å²) in [5, 5.41) is 0. The average Bonchev–Trinajstić information content (AvgIpc) is 3.66. The van der Waals surface area contributed by atoms with E-state index in [0.29, 0.717) is 13.2 Å². The summed E-state index contributed by atoms with van der Waals surface area (Å²) in [4.78, 5) is 15.2. The molecule has 10 nitrogen and oxygen atoms in total. The van der Waals surface area contributed by atoms with Crippen molar-refractivity contribution in [1.29, 1.82) is 0 Å². The molecule has 3 fully saturated rings. The van der Waals surface area contributed by atoms with Crippen LogP contribution in [0.2, 0.25) is 0 Å². The molecular formula is C32H53ClN2O8S. The fraction of sp³-hybridized carbons (Fsp3) is 0.781. The highest BCUT2D eigenvalue weighted by atomic mass is 35.5. The molecule has 3 aliphatic heterocycles. The van der Waals surface area contributed by atoms with Gasteiger partial charge >= 0.3 is 6.09 Å². The molecule has 4 rings (SSSR count). The Morgan fingerprint density at radius 3 is 2.23 bits per heavy atom. The molecule has 0 spiro atoms. The standard InChI is InChI=1S/C32H52N2O8S.ClH/c1-4-5-6-7-8-9-10-11-12-18-23-38-28-27(40-30-29(28)41-32(2,3)42-30)26(24-34-21-16-17-22-34)39-31(35)33-43(36,37)25-19-14-13-15-20-25;/h13-15,19-20,26-30H,4-12,16-18,21-24H2,1-3H3,(H,33,35);1H/t26?,27-,28+,29-,30-;/m1./s1. The maximum Gasteiger partial charge on any atom is 0.421 e. The summed E-state index contributed by atoms with van der Waals surface area (Å²) in [6.07, 6.45) is 10.2. The molecule has 3 heterocycles. The first-order chi connectivity index (χ1) is 20.7. The van der Waals surface area contributed by atoms with Crippen molar-refractivity contribution in [2.24, 2.45) is 0 Å². The summed E-state index contributed by atoms with van der Waals surface area (Å²) < 4.78 is 58.4. The maximum atomic E-state index is 13.0. The molecule has 0 aromatic heterocycles. The largest absolute Gasteiger partial charge is 0.441 e. The van der Waals surface area contributed by atoms with E-state index in [1.54, 1.807) is 18.2 Å². The topological polar surface area (TPSA) is 113 Å². The molecule has 252 valence electrons. The summed E-state index contributed by atoms with van der Waals surface area (Å²) in [5.41, 5.74) is 0. The number of nitrogens with zero attached hydrogens (tertiary/aromatic N) is 1. The smallest absolute Gasteiger partial charge is 0.421 e. The van der Waals surface area contributed by atoms with E-state index in [0.717, 1.165) is 38.8 Å². The first-order valence-electron chi connectivity index (χ1n) is 16.3. The molecule has 1 unspecified atom stereocenters. The van der Waals surface area contributed by atoms with Crippen molar-refractivity contribution in [1.82, 2.24) is 9.62 Å². The normalized spacial score (nSPS) is 25.3. The summed E-state index contributed by atoms with van der Waals surface area (Å²) in [5.74, 6) is -0.828. The Labute approximate surface area is 270 Å². The van der Waals surface area contributed by atoms with Gasteiger partial charge in [0, 0.05) is 13.2 Å². The molecule has 1 aromatic rings. The molecular weight excluding hydrogens is 608 g/mol. The third-order valence-electron chi connectivity index (χ3n) is 8.37. The van der Waals surface area contributed by atoms with Crippen LogP contribution in [0, 0.1) is 0 Å². The zero-order valence-electron chi connectivity index (χ0n) is 26.6. The highest BCUT2D eigenvalue weighted by Crippen LogP contribution is 2.40. The van der Waals surface area contributed by atoms with Crippen molar-refractivity contribution in [3.05, 3.63) is 30.3 Å². The van der Waals surface area contributed by atoms with Gasteiger partial charge in [0.2, 0.25) is 0 Å². The molecule has 0 radical (unpaired) electrons. The molecule has 3 aliphatic rings. The van der Waals surface area contributed by atoms with Crippen LogP contribution in [0.15, 0.2) is 35.2 Å². The lowest BCUT2D eigenvalue weighted by molar-refractivity contribution is -0.230. The van der Waals surface area contributed by atoms with E-state index < -0.39 is 52.6 Å². The number of amides is 1. The zero-order valence-corrected chi connectivity index (χ0v) is 28.2. The minimum atomic E-state index is -4.09. The van der Waals surface area contributed by atoms with E-state index in [1.165, 1.54) is 63.5 Å². The van der Waals surface area contributed by atoms with Gasteiger partial charge in [0.1, 0.15) is 24.4 Å². The number of hydrogen-bond acceptors (Lipinski definition) is 9. The number of ether oxygens (including phenoxy) is 5. The van der Waals surface area contributed by atoms with Gasteiger partial charge < -0.3 is 23.7 Å². The van der Waals surface area contributed by atoms with Crippen LogP contribution in [0.4, 0.5) is 4.79 Å². The Hall–Kier alpha value is -1.47. The van der Waals surface area contributed by atoms with Crippen LogP contribution >= 0.6 is 12.4 Å². The number of rotatable bonds is 18. The molecule has 1 N–H and O–H groups in total. The van der Waals surface area contributed by atoms with Crippen molar-refractivity contribution < 1.29 is 36.9 Å². The molecule has 1 aromatic carbocycles. The first-order valence-corrected chi connectivity index (χ1v) is 17.8. The number of fused-ring (bicyclic) bond motifs is 1. The number of hydrogen-bond donors (Lipinski definition) is 1. The van der Waals surface area contributed by atoms with Gasteiger partial charge in [-0.1, -0.05) is 82.9 Å². The number of unbranched alkanes of at least 4 members (excludes halogenated alkanes) is 9. The fourth-order valence-corrected chi connectivity index (χ4v) is 7.06. The van der Waals surface area contributed by atoms with Crippen molar-refractivity contribution in [3.63, 3.8) is 0 Å². The van der Waals surface area contributed by atoms with Gasteiger partial charge in [-0.15, -0.1) is 12.4 Å². The molecule has 0 bridgehead atoms. The number of likely N-dealkylation sites (tertiary alicyclic amines) is 1. The second-order valence-corrected chi connectivity index (χ2v) is 14.1. The van der Waals surface area contributed by atoms with Crippen molar-refractivity contribution in [3.8, 4) is 0 Å². The molecule has 12 heteroatoms. The number of sulfonamides is 1. The van der Waals surface area contributed by atoms with Gasteiger partial charge in [-0.05, 0) is 58.3 Å². The quantitative estimate of drug-likeness (QED) is 0.185. The lowest BCUT2D eigenvalue weighted by Gasteiger charge is -2.32. The predicted octanol–water partition coefficient (Wildman–Crippen LogP) is 6.17. The second kappa shape index (κ2) is 18.0. The van der Waals surface area contributed by atoms with Crippen LogP contribution in [0.25, 0.3) is 0 Å². The second-order valence-electron chi connectivity index (χ2n) is 12.5. The van der Waals surface area contributed by atoms with Gasteiger partial charge in [0.05, 0.1) is 4.90 Å². The van der Waals surface area contributed by atoms with E-state index in [-0.39, 0.29) is 17.3 Å². The number of halogens is 1. The Balaban J connectivity index is 0.00000529. The van der Waals surface area contributed by atoms with Crippen molar-refractivity contribution in [2.45, 2.75) is 139 Å². The van der Waals surface area contributed by atoms with Gasteiger partial charge in [-0.25, -0.2) is 17.9 Å². The van der Waals surface area contributed by atoms with Crippen LogP contribution in [0.3, 0.4) is 0 Å². The molecule has 1 amide bonds. The van der Waals surface area contributed by atoms with Gasteiger partial charge in [-0.3, -0.25) is 4.90 Å². The van der Waals surface area contributed by atoms with Crippen LogP contribution in [0.5, 0.6) is 0 Å². The fourth-order valence-electron chi connectivity index (χ4n) is 6.16. The van der Waals surface area contributed by atoms with E-state index in [1.807, 2.05) is 13.8 Å². The van der Waals surface area contributed by atoms with Gasteiger partial charge in [0.25, 0.3) is 10.0 Å². The van der Waals surface area contributed by atoms with Crippen LogP contribution in [0.1, 0.15) is 97.8 Å². The summed E-state index contributed by atoms with van der Waals surface area (Å²) in [7, 11) is -4.09. The van der Waals surface area contributed by atoms with Crippen LogP contribution in [-0.4, -0.2) is 82.1 Å². The molecule has 0 saturated carbocycles. The predicted molar refractivity (Wildman–Crippen MR) is 170 cm³/mol. The Morgan fingerprint density at radius 2 is 1.59 bits per heavy atom. The lowest BCUT2D eigenvalue weighted by Crippen LogP contribution is -2.50. The van der Waals surface area contributed by atoms with Gasteiger partial charge in [0.15, 0.2) is 12.1 Å². The molecule has 5 atom stereocenters. The highest BCUT2D eigenvalue weighted by Gasteiger charge is 2.58. The Bertz CT molecular complexity index is 1090. The summed E-state index contributed by atoms with van der Waals surface area (Å²) >= 11 is 0.